The molecule has 0 fully saturated rings. The summed E-state index contributed by atoms with van der Waals surface area (Å²) in [6.45, 7) is 6.58. The molecule has 4 heteroatoms. The second kappa shape index (κ2) is 7.50. The maximum Gasteiger partial charge on any atom is 0.161 e. The number of ether oxygens (including phenoxy) is 2. The van der Waals surface area contributed by atoms with Gasteiger partial charge in [0.05, 0.1) is 19.8 Å². The summed E-state index contributed by atoms with van der Waals surface area (Å²) in [6, 6.07) is 6.01. The van der Waals surface area contributed by atoms with Crippen LogP contribution in [0.4, 0.5) is 0 Å². The topological polar surface area (TPSA) is 50.7 Å². The molecule has 0 saturated heterocycles. The standard InChI is InChI=1S/C16H27NO3/c1-6-9-16(3,18)11-17-12(2)13-7-8-14(19-4)15(10-13)20-5/h7-8,10,12,17-18H,6,9,11H2,1-5H3. The Morgan fingerprint density at radius 2 is 1.90 bits per heavy atom. The largest absolute Gasteiger partial charge is 0.493 e. The number of rotatable bonds is 8. The van der Waals surface area contributed by atoms with Crippen molar-refractivity contribution in [3.63, 3.8) is 0 Å². The van der Waals surface area contributed by atoms with E-state index in [1.54, 1.807) is 14.2 Å². The van der Waals surface area contributed by atoms with Crippen LogP contribution in [0.1, 0.15) is 45.2 Å². The molecule has 0 aliphatic rings. The molecule has 2 N–H and O–H groups in total. The van der Waals surface area contributed by atoms with Crippen molar-refractivity contribution in [2.75, 3.05) is 20.8 Å². The zero-order valence-corrected chi connectivity index (χ0v) is 13.2. The van der Waals surface area contributed by atoms with Crippen molar-refractivity contribution in [1.82, 2.24) is 5.32 Å². The van der Waals surface area contributed by atoms with E-state index >= 15 is 0 Å². The van der Waals surface area contributed by atoms with Gasteiger partial charge in [0.1, 0.15) is 0 Å². The van der Waals surface area contributed by atoms with Crippen molar-refractivity contribution < 1.29 is 14.6 Å². The molecule has 4 nitrogen and oxygen atoms in total. The Morgan fingerprint density at radius 1 is 1.25 bits per heavy atom. The number of methoxy groups -OCH3 is 2. The lowest BCUT2D eigenvalue weighted by Gasteiger charge is -2.26. The van der Waals surface area contributed by atoms with Crippen molar-refractivity contribution in [3.05, 3.63) is 23.8 Å². The van der Waals surface area contributed by atoms with E-state index in [0.717, 1.165) is 29.9 Å². The molecule has 2 atom stereocenters. The van der Waals surface area contributed by atoms with Crippen LogP contribution in [0.25, 0.3) is 0 Å². The van der Waals surface area contributed by atoms with Gasteiger partial charge in [0.2, 0.25) is 0 Å². The van der Waals surface area contributed by atoms with Crippen LogP contribution in [0.2, 0.25) is 0 Å². The molecule has 0 saturated carbocycles. The fraction of sp³-hybridized carbons (Fsp3) is 0.625. The van der Waals surface area contributed by atoms with Gasteiger partial charge in [-0.3, -0.25) is 0 Å². The molecule has 0 aliphatic carbocycles. The summed E-state index contributed by atoms with van der Waals surface area (Å²) in [5, 5.41) is 13.6. The normalized spacial score (nSPS) is 15.5. The van der Waals surface area contributed by atoms with Crippen LogP contribution in [0.5, 0.6) is 11.5 Å². The van der Waals surface area contributed by atoms with E-state index in [-0.39, 0.29) is 6.04 Å². The second-order valence-electron chi connectivity index (χ2n) is 5.46. The summed E-state index contributed by atoms with van der Waals surface area (Å²) < 4.78 is 10.5. The maximum absolute atomic E-state index is 10.2. The SMILES string of the molecule is CCCC(C)(O)CNC(C)c1ccc(OC)c(OC)c1. The van der Waals surface area contributed by atoms with Crippen molar-refractivity contribution in [1.29, 1.82) is 0 Å². The molecule has 0 aliphatic heterocycles. The van der Waals surface area contributed by atoms with Crippen molar-refractivity contribution in [2.45, 2.75) is 45.3 Å². The van der Waals surface area contributed by atoms with E-state index < -0.39 is 5.60 Å². The van der Waals surface area contributed by atoms with Crippen LogP contribution in [0.15, 0.2) is 18.2 Å². The zero-order valence-electron chi connectivity index (χ0n) is 13.2. The van der Waals surface area contributed by atoms with Gasteiger partial charge in [-0.05, 0) is 38.0 Å². The van der Waals surface area contributed by atoms with Crippen LogP contribution in [-0.2, 0) is 0 Å². The minimum Gasteiger partial charge on any atom is -0.493 e. The molecule has 114 valence electrons. The lowest BCUT2D eigenvalue weighted by Crippen LogP contribution is -2.38. The summed E-state index contributed by atoms with van der Waals surface area (Å²) >= 11 is 0. The lowest BCUT2D eigenvalue weighted by molar-refractivity contribution is 0.0476. The highest BCUT2D eigenvalue weighted by molar-refractivity contribution is 5.43. The van der Waals surface area contributed by atoms with Crippen LogP contribution in [-0.4, -0.2) is 31.5 Å². The Hall–Kier alpha value is -1.26. The van der Waals surface area contributed by atoms with E-state index in [1.807, 2.05) is 25.1 Å². The second-order valence-corrected chi connectivity index (χ2v) is 5.46. The summed E-state index contributed by atoms with van der Waals surface area (Å²) in [5.74, 6) is 1.44. The molecule has 0 aromatic heterocycles. The molecule has 0 radical (unpaired) electrons. The number of aliphatic hydroxyl groups is 1. The highest BCUT2D eigenvalue weighted by atomic mass is 16.5. The Kier molecular flexibility index (Phi) is 6.30. The first-order valence-corrected chi connectivity index (χ1v) is 7.11. The smallest absolute Gasteiger partial charge is 0.161 e. The monoisotopic (exact) mass is 281 g/mol. The molecule has 0 spiro atoms. The molecule has 20 heavy (non-hydrogen) atoms. The van der Waals surface area contributed by atoms with E-state index in [2.05, 4.69) is 19.2 Å². The molecule has 2 unspecified atom stereocenters. The minimum absolute atomic E-state index is 0.137. The van der Waals surface area contributed by atoms with Gasteiger partial charge in [-0.15, -0.1) is 0 Å². The van der Waals surface area contributed by atoms with Crippen molar-refractivity contribution in [2.24, 2.45) is 0 Å². The Labute approximate surface area is 122 Å². The zero-order chi connectivity index (χ0) is 15.2. The van der Waals surface area contributed by atoms with Crippen molar-refractivity contribution >= 4 is 0 Å². The van der Waals surface area contributed by atoms with Gasteiger partial charge >= 0.3 is 0 Å². The van der Waals surface area contributed by atoms with E-state index in [9.17, 15) is 5.11 Å². The molecule has 1 aromatic carbocycles. The summed E-state index contributed by atoms with van der Waals surface area (Å²) in [6.07, 6.45) is 1.76. The Morgan fingerprint density at radius 3 is 2.45 bits per heavy atom. The maximum atomic E-state index is 10.2. The number of hydrogen-bond acceptors (Lipinski definition) is 4. The van der Waals surface area contributed by atoms with Crippen LogP contribution in [0.3, 0.4) is 0 Å². The number of nitrogens with one attached hydrogen (secondary N) is 1. The van der Waals surface area contributed by atoms with Crippen molar-refractivity contribution in [3.8, 4) is 11.5 Å². The molecule has 1 rings (SSSR count). The van der Waals surface area contributed by atoms with Gasteiger partial charge in [0.15, 0.2) is 11.5 Å². The average molecular weight is 281 g/mol. The summed E-state index contributed by atoms with van der Waals surface area (Å²) in [5.41, 5.74) is 0.439. The molecule has 0 amide bonds. The Bertz CT molecular complexity index is 418. The molecular weight excluding hydrogens is 254 g/mol. The molecular formula is C16H27NO3. The van der Waals surface area contributed by atoms with Gasteiger partial charge in [-0.2, -0.15) is 0 Å². The third-order valence-corrected chi connectivity index (χ3v) is 3.49. The third kappa shape index (κ3) is 4.69. The summed E-state index contributed by atoms with van der Waals surface area (Å²) in [4.78, 5) is 0. The highest BCUT2D eigenvalue weighted by Gasteiger charge is 2.20. The fourth-order valence-electron chi connectivity index (χ4n) is 2.24. The predicted octanol–water partition coefficient (Wildman–Crippen LogP) is 2.91. The van der Waals surface area contributed by atoms with Crippen LogP contribution >= 0.6 is 0 Å². The quantitative estimate of drug-likeness (QED) is 0.769. The van der Waals surface area contributed by atoms with Gasteiger partial charge in [-0.1, -0.05) is 19.4 Å². The van der Waals surface area contributed by atoms with E-state index in [1.165, 1.54) is 0 Å². The minimum atomic E-state index is -0.667. The average Bonchev–Trinajstić information content (AvgIpc) is 2.44. The first-order chi connectivity index (χ1) is 9.43. The predicted molar refractivity (Wildman–Crippen MR) is 81.5 cm³/mol. The molecule has 0 bridgehead atoms. The number of benzene rings is 1. The van der Waals surface area contributed by atoms with Gasteiger partial charge in [0.25, 0.3) is 0 Å². The van der Waals surface area contributed by atoms with Gasteiger partial charge in [-0.25, -0.2) is 0 Å². The summed E-state index contributed by atoms with van der Waals surface area (Å²) in [7, 11) is 3.26. The molecule has 0 heterocycles. The van der Waals surface area contributed by atoms with Gasteiger partial charge < -0.3 is 19.9 Å². The Balaban J connectivity index is 2.70. The first kappa shape index (κ1) is 16.8. The molecule has 1 aromatic rings. The highest BCUT2D eigenvalue weighted by Crippen LogP contribution is 2.30. The van der Waals surface area contributed by atoms with E-state index in [4.69, 9.17) is 9.47 Å². The van der Waals surface area contributed by atoms with Crippen LogP contribution in [0, 0.1) is 0 Å². The fourth-order valence-corrected chi connectivity index (χ4v) is 2.24. The number of hydrogen-bond donors (Lipinski definition) is 2. The van der Waals surface area contributed by atoms with Crippen LogP contribution < -0.4 is 14.8 Å². The lowest BCUT2D eigenvalue weighted by atomic mass is 9.99. The van der Waals surface area contributed by atoms with Gasteiger partial charge in [0, 0.05) is 12.6 Å². The third-order valence-electron chi connectivity index (χ3n) is 3.49. The van der Waals surface area contributed by atoms with E-state index in [0.29, 0.717) is 6.54 Å². The first-order valence-electron chi connectivity index (χ1n) is 7.11.